The minimum Gasteiger partial charge on any atom is -0.497 e. The van der Waals surface area contributed by atoms with Crippen molar-refractivity contribution in [2.75, 3.05) is 32.1 Å². The van der Waals surface area contributed by atoms with E-state index in [-0.39, 0.29) is 4.90 Å². The first-order chi connectivity index (χ1) is 17.3. The number of methoxy groups -OCH3 is 1. The van der Waals surface area contributed by atoms with Gasteiger partial charge in [0.2, 0.25) is 10.0 Å². The minimum absolute atomic E-state index is 0.180. The number of sulfonamides is 1. The van der Waals surface area contributed by atoms with Crippen LogP contribution in [0.15, 0.2) is 64.9 Å². The normalized spacial score (nSPS) is 11.6. The fraction of sp³-hybridized carbons (Fsp3) is 0.240. The first-order valence-corrected chi connectivity index (χ1v) is 13.4. The molecule has 0 spiro atoms. The van der Waals surface area contributed by atoms with Crippen molar-refractivity contribution in [2.45, 2.75) is 18.7 Å². The summed E-state index contributed by atoms with van der Waals surface area (Å²) in [5, 5.41) is 4.80. The van der Waals surface area contributed by atoms with Gasteiger partial charge in [-0.2, -0.15) is 4.31 Å². The number of esters is 1. The zero-order chi connectivity index (χ0) is 26.1. The molecule has 1 heterocycles. The van der Waals surface area contributed by atoms with E-state index in [1.165, 1.54) is 39.9 Å². The number of benzene rings is 2. The van der Waals surface area contributed by atoms with E-state index in [2.05, 4.69) is 10.3 Å². The molecule has 0 fully saturated rings. The van der Waals surface area contributed by atoms with Crippen molar-refractivity contribution in [2.24, 2.45) is 0 Å². The lowest BCUT2D eigenvalue weighted by Gasteiger charge is -2.18. The first kappa shape index (κ1) is 27.1. The molecule has 11 heteroatoms. The molecule has 0 aliphatic carbocycles. The number of ether oxygens (including phenoxy) is 2. The number of rotatable bonds is 11. The monoisotopic (exact) mass is 529 g/mol. The van der Waals surface area contributed by atoms with Crippen LogP contribution in [0.5, 0.6) is 5.75 Å². The molecule has 0 aliphatic heterocycles. The Morgan fingerprint density at radius 3 is 2.33 bits per heavy atom. The summed E-state index contributed by atoms with van der Waals surface area (Å²) in [6.45, 7) is 3.85. The summed E-state index contributed by atoms with van der Waals surface area (Å²) in [5.41, 5.74) is 2.19. The van der Waals surface area contributed by atoms with Crippen LogP contribution in [-0.2, 0) is 24.3 Å². The third-order valence-electron chi connectivity index (χ3n) is 5.12. The van der Waals surface area contributed by atoms with Gasteiger partial charge in [-0.05, 0) is 48.0 Å². The zero-order valence-electron chi connectivity index (χ0n) is 20.1. The van der Waals surface area contributed by atoms with E-state index in [1.54, 1.807) is 33.1 Å². The van der Waals surface area contributed by atoms with Crippen LogP contribution in [0.2, 0.25) is 0 Å². The number of carbonyl (C=O) groups excluding carboxylic acids is 2. The van der Waals surface area contributed by atoms with Gasteiger partial charge in [0, 0.05) is 30.1 Å². The van der Waals surface area contributed by atoms with Gasteiger partial charge in [-0.1, -0.05) is 26.0 Å². The summed E-state index contributed by atoms with van der Waals surface area (Å²) in [4.78, 5) is 28.7. The van der Waals surface area contributed by atoms with Crippen molar-refractivity contribution in [1.29, 1.82) is 0 Å². The quantitative estimate of drug-likeness (QED) is 0.294. The molecule has 1 amide bonds. The Hall–Kier alpha value is -3.54. The van der Waals surface area contributed by atoms with Crippen molar-refractivity contribution in [1.82, 2.24) is 9.29 Å². The van der Waals surface area contributed by atoms with Gasteiger partial charge in [0.25, 0.3) is 5.91 Å². The Labute approximate surface area is 214 Å². The van der Waals surface area contributed by atoms with E-state index >= 15 is 0 Å². The van der Waals surface area contributed by atoms with Crippen LogP contribution in [0, 0.1) is 0 Å². The van der Waals surface area contributed by atoms with Crippen molar-refractivity contribution >= 4 is 44.4 Å². The highest BCUT2D eigenvalue weighted by atomic mass is 32.2. The average molecular weight is 530 g/mol. The largest absolute Gasteiger partial charge is 0.497 e. The maximum Gasteiger partial charge on any atom is 0.331 e. The average Bonchev–Trinajstić information content (AvgIpc) is 3.35. The summed E-state index contributed by atoms with van der Waals surface area (Å²) in [5.74, 6) is -0.486. The highest BCUT2D eigenvalue weighted by molar-refractivity contribution is 7.89. The van der Waals surface area contributed by atoms with Crippen LogP contribution < -0.4 is 10.1 Å². The predicted molar refractivity (Wildman–Crippen MR) is 139 cm³/mol. The van der Waals surface area contributed by atoms with Crippen LogP contribution in [0.4, 0.5) is 5.13 Å². The van der Waals surface area contributed by atoms with E-state index in [1.807, 2.05) is 29.6 Å². The molecule has 0 aliphatic rings. The van der Waals surface area contributed by atoms with E-state index in [9.17, 15) is 18.0 Å². The molecule has 0 unspecified atom stereocenters. The molecule has 3 aromatic rings. The lowest BCUT2D eigenvalue weighted by molar-refractivity contribution is -0.142. The molecule has 0 saturated heterocycles. The van der Waals surface area contributed by atoms with Gasteiger partial charge in [-0.25, -0.2) is 18.2 Å². The molecule has 0 atom stereocenters. The third-order valence-corrected chi connectivity index (χ3v) is 7.94. The van der Waals surface area contributed by atoms with Gasteiger partial charge >= 0.3 is 5.97 Å². The molecule has 3 rings (SSSR count). The van der Waals surface area contributed by atoms with Gasteiger partial charge in [0.15, 0.2) is 11.7 Å². The first-order valence-electron chi connectivity index (χ1n) is 11.1. The van der Waals surface area contributed by atoms with Gasteiger partial charge in [-0.15, -0.1) is 11.3 Å². The van der Waals surface area contributed by atoms with Gasteiger partial charge < -0.3 is 9.47 Å². The van der Waals surface area contributed by atoms with Crippen LogP contribution in [-0.4, -0.2) is 56.4 Å². The summed E-state index contributed by atoms with van der Waals surface area (Å²) in [6.07, 6.45) is 2.66. The number of anilines is 1. The molecule has 1 N–H and O–H groups in total. The second kappa shape index (κ2) is 12.4. The third kappa shape index (κ3) is 7.00. The topological polar surface area (TPSA) is 115 Å². The van der Waals surface area contributed by atoms with E-state index in [0.29, 0.717) is 29.5 Å². The number of aromatic nitrogens is 1. The maximum atomic E-state index is 12.5. The van der Waals surface area contributed by atoms with Gasteiger partial charge in [0.05, 0.1) is 17.7 Å². The van der Waals surface area contributed by atoms with Crippen LogP contribution in [0.3, 0.4) is 0 Å². The molecule has 1 aromatic heterocycles. The molecule has 9 nitrogen and oxygen atoms in total. The number of nitrogens with zero attached hydrogens (tertiary/aromatic N) is 2. The summed E-state index contributed by atoms with van der Waals surface area (Å²) in [7, 11) is -1.96. The van der Waals surface area contributed by atoms with E-state index in [4.69, 9.17) is 9.47 Å². The Morgan fingerprint density at radius 2 is 1.72 bits per heavy atom. The fourth-order valence-corrected chi connectivity index (χ4v) is 5.39. The molecule has 190 valence electrons. The smallest absolute Gasteiger partial charge is 0.331 e. The molecule has 0 bridgehead atoms. The van der Waals surface area contributed by atoms with Gasteiger partial charge in [0.1, 0.15) is 5.75 Å². The fourth-order valence-electron chi connectivity index (χ4n) is 3.19. The number of hydrogen-bond acceptors (Lipinski definition) is 8. The molecule has 0 saturated carbocycles. The number of thiazole rings is 1. The van der Waals surface area contributed by atoms with Crippen molar-refractivity contribution in [3.05, 3.63) is 65.6 Å². The molecular formula is C25H27N3O6S2. The Bertz CT molecular complexity index is 1310. The minimum atomic E-state index is -3.55. The molecule has 0 radical (unpaired) electrons. The number of nitrogens with one attached hydrogen (secondary N) is 1. The SMILES string of the molecule is CCN(CC)S(=O)(=O)c1ccc(/C=C/C(=O)OCC(=O)Nc2nc(-c3ccc(OC)cc3)cs2)cc1. The van der Waals surface area contributed by atoms with E-state index < -0.39 is 28.5 Å². The van der Waals surface area contributed by atoms with Gasteiger partial charge in [-0.3, -0.25) is 10.1 Å². The molecule has 36 heavy (non-hydrogen) atoms. The van der Waals surface area contributed by atoms with Crippen LogP contribution in [0.25, 0.3) is 17.3 Å². The van der Waals surface area contributed by atoms with Crippen molar-refractivity contribution < 1.29 is 27.5 Å². The maximum absolute atomic E-state index is 12.5. The predicted octanol–water partition coefficient (Wildman–Crippen LogP) is 4.04. The second-order valence-electron chi connectivity index (χ2n) is 7.41. The Balaban J connectivity index is 1.49. The Kier molecular flexibility index (Phi) is 9.34. The number of hydrogen-bond donors (Lipinski definition) is 1. The zero-order valence-corrected chi connectivity index (χ0v) is 21.8. The second-order valence-corrected chi connectivity index (χ2v) is 10.2. The lowest BCUT2D eigenvalue weighted by Crippen LogP contribution is -2.30. The van der Waals surface area contributed by atoms with E-state index in [0.717, 1.165) is 11.3 Å². The summed E-state index contributed by atoms with van der Waals surface area (Å²) >= 11 is 1.26. The van der Waals surface area contributed by atoms with Crippen LogP contribution in [0.1, 0.15) is 19.4 Å². The highest BCUT2D eigenvalue weighted by Crippen LogP contribution is 2.26. The molecular weight excluding hydrogens is 502 g/mol. The molecule has 2 aromatic carbocycles. The summed E-state index contributed by atoms with van der Waals surface area (Å²) in [6, 6.07) is 13.5. The van der Waals surface area contributed by atoms with Crippen molar-refractivity contribution in [3.8, 4) is 17.0 Å². The van der Waals surface area contributed by atoms with Crippen LogP contribution >= 0.6 is 11.3 Å². The number of carbonyl (C=O) groups is 2. The standard InChI is InChI=1S/C25H27N3O6S2/c1-4-28(5-2)36(31,32)21-13-6-18(7-14-21)8-15-24(30)34-16-23(29)27-25-26-22(17-35-25)19-9-11-20(33-3)12-10-19/h6-15,17H,4-5,16H2,1-3H3,(H,26,27,29)/b15-8+. The lowest BCUT2D eigenvalue weighted by atomic mass is 10.2. The Morgan fingerprint density at radius 1 is 1.06 bits per heavy atom. The summed E-state index contributed by atoms with van der Waals surface area (Å²) < 4.78 is 36.6. The highest BCUT2D eigenvalue weighted by Gasteiger charge is 2.21. The van der Waals surface area contributed by atoms with Crippen molar-refractivity contribution in [3.63, 3.8) is 0 Å². The number of amides is 1.